The zero-order chi connectivity index (χ0) is 23.8. The lowest BCUT2D eigenvalue weighted by molar-refractivity contribution is -0.157. The second kappa shape index (κ2) is 8.93. The van der Waals surface area contributed by atoms with E-state index in [0.29, 0.717) is 19.3 Å². The predicted octanol–water partition coefficient (Wildman–Crippen LogP) is 2.19. The maximum absolute atomic E-state index is 13.3. The summed E-state index contributed by atoms with van der Waals surface area (Å²) in [6.07, 6.45) is 4.57. The second-order valence-electron chi connectivity index (χ2n) is 8.56. The number of rotatable bonds is 6. The fraction of sp³-hybridized carbons (Fsp3) is 0.435. The normalized spacial score (nSPS) is 15.5. The Morgan fingerprint density at radius 3 is 2.52 bits per heavy atom. The molecule has 1 aromatic carbocycles. The van der Waals surface area contributed by atoms with Crippen LogP contribution in [0.5, 0.6) is 0 Å². The van der Waals surface area contributed by atoms with E-state index in [4.69, 9.17) is 10.5 Å². The lowest BCUT2D eigenvalue weighted by atomic mass is 9.72. The molecule has 10 heteroatoms. The van der Waals surface area contributed by atoms with Gasteiger partial charge in [0.2, 0.25) is 5.78 Å². The lowest BCUT2D eigenvalue weighted by Gasteiger charge is -2.34. The number of ether oxygens (including phenoxy) is 1. The van der Waals surface area contributed by atoms with Crippen molar-refractivity contribution < 1.29 is 14.3 Å². The van der Waals surface area contributed by atoms with Gasteiger partial charge in [-0.3, -0.25) is 23.5 Å². The van der Waals surface area contributed by atoms with E-state index in [0.717, 1.165) is 43.6 Å². The Balaban J connectivity index is 1.55. The summed E-state index contributed by atoms with van der Waals surface area (Å²) in [5.41, 5.74) is 4.19. The number of Topliss-reactive ketones (excluding diaryl/α,β-unsaturated/α-hetero) is 1. The van der Waals surface area contributed by atoms with Crippen molar-refractivity contribution in [2.24, 2.45) is 19.5 Å². The molecule has 0 spiro atoms. The highest BCUT2D eigenvalue weighted by Crippen LogP contribution is 2.41. The van der Waals surface area contributed by atoms with Gasteiger partial charge < -0.3 is 10.5 Å². The fourth-order valence-electron chi connectivity index (χ4n) is 4.44. The molecule has 9 nitrogen and oxygen atoms in total. The third kappa shape index (κ3) is 4.22. The first kappa shape index (κ1) is 22.9. The Hall–Kier alpha value is -3.27. The van der Waals surface area contributed by atoms with Crippen LogP contribution in [0.15, 0.2) is 33.9 Å². The van der Waals surface area contributed by atoms with Gasteiger partial charge in [-0.2, -0.15) is 0 Å². The number of nitrogens with two attached hydrogens (primary N) is 1. The number of esters is 1. The highest BCUT2D eigenvalue weighted by Gasteiger charge is 2.42. The van der Waals surface area contributed by atoms with Crippen molar-refractivity contribution in [3.63, 3.8) is 0 Å². The van der Waals surface area contributed by atoms with Crippen LogP contribution in [0.3, 0.4) is 0 Å². The highest BCUT2D eigenvalue weighted by atomic mass is 32.1. The van der Waals surface area contributed by atoms with E-state index in [1.807, 2.05) is 24.3 Å². The zero-order valence-corrected chi connectivity index (χ0v) is 19.4. The maximum Gasteiger partial charge on any atom is 0.332 e. The van der Waals surface area contributed by atoms with Gasteiger partial charge in [-0.05, 0) is 25.0 Å². The molecule has 0 amide bonds. The smallest absolute Gasteiger partial charge is 0.332 e. The molecule has 2 aromatic heterocycles. The standard InChI is InChI=1S/C23H26N4O5S/c1-26-19(24)18(20(29)27(2)22(26)31)15(28)13-32-21(30)23(10-6-3-7-11-23)12-17-25-14-8-4-5-9-16(14)33-17/h4-5,8-9H,3,6-7,10-13,24H2,1-2H3. The fourth-order valence-corrected chi connectivity index (χ4v) is 5.56. The minimum absolute atomic E-state index is 0.244. The molecule has 1 aliphatic carbocycles. The van der Waals surface area contributed by atoms with Crippen LogP contribution in [0, 0.1) is 5.41 Å². The van der Waals surface area contributed by atoms with Gasteiger partial charge in [0.25, 0.3) is 5.56 Å². The number of anilines is 1. The number of fused-ring (bicyclic) bond motifs is 1. The van der Waals surface area contributed by atoms with Crippen LogP contribution in [-0.2, 0) is 30.0 Å². The average Bonchev–Trinajstić information content (AvgIpc) is 3.22. The van der Waals surface area contributed by atoms with Gasteiger partial charge in [0.15, 0.2) is 6.61 Å². The molecule has 0 bridgehead atoms. The summed E-state index contributed by atoms with van der Waals surface area (Å²) >= 11 is 1.56. The van der Waals surface area contributed by atoms with Gasteiger partial charge in [0.05, 0.1) is 20.6 Å². The summed E-state index contributed by atoms with van der Waals surface area (Å²) < 4.78 is 8.35. The number of nitrogen functional groups attached to an aromatic ring is 1. The number of aromatic nitrogens is 3. The highest BCUT2D eigenvalue weighted by molar-refractivity contribution is 7.18. The third-order valence-electron chi connectivity index (χ3n) is 6.39. The summed E-state index contributed by atoms with van der Waals surface area (Å²) in [6, 6.07) is 7.82. The summed E-state index contributed by atoms with van der Waals surface area (Å²) in [5, 5.41) is 0.859. The van der Waals surface area contributed by atoms with Crippen molar-refractivity contribution in [3.8, 4) is 0 Å². The van der Waals surface area contributed by atoms with Crippen molar-refractivity contribution in [3.05, 3.63) is 55.7 Å². The first-order valence-electron chi connectivity index (χ1n) is 10.8. The molecule has 0 radical (unpaired) electrons. The zero-order valence-electron chi connectivity index (χ0n) is 18.6. The summed E-state index contributed by atoms with van der Waals surface area (Å²) in [5.74, 6) is -1.44. The van der Waals surface area contributed by atoms with E-state index in [9.17, 15) is 19.2 Å². The minimum atomic E-state index is -0.807. The van der Waals surface area contributed by atoms with Gasteiger partial charge in [-0.15, -0.1) is 11.3 Å². The number of para-hydroxylation sites is 1. The molecular weight excluding hydrogens is 444 g/mol. The molecule has 4 rings (SSSR count). The number of thiazole rings is 1. The average molecular weight is 471 g/mol. The van der Waals surface area contributed by atoms with Gasteiger partial charge in [0, 0.05) is 20.5 Å². The van der Waals surface area contributed by atoms with Crippen LogP contribution < -0.4 is 17.0 Å². The third-order valence-corrected chi connectivity index (χ3v) is 7.43. The van der Waals surface area contributed by atoms with Crippen molar-refractivity contribution in [2.45, 2.75) is 38.5 Å². The molecule has 0 unspecified atom stereocenters. The molecule has 0 aliphatic heterocycles. The van der Waals surface area contributed by atoms with E-state index in [-0.39, 0.29) is 11.4 Å². The molecule has 1 fully saturated rings. The first-order valence-corrected chi connectivity index (χ1v) is 11.7. The Bertz CT molecular complexity index is 1310. The summed E-state index contributed by atoms with van der Waals surface area (Å²) in [4.78, 5) is 55.1. The molecule has 2 heterocycles. The van der Waals surface area contributed by atoms with Crippen molar-refractivity contribution in [2.75, 3.05) is 12.3 Å². The number of hydrogen-bond donors (Lipinski definition) is 1. The number of ketones is 1. The molecule has 33 heavy (non-hydrogen) atoms. The van der Waals surface area contributed by atoms with Gasteiger partial charge in [-0.25, -0.2) is 9.78 Å². The Labute approximate surface area is 193 Å². The summed E-state index contributed by atoms with van der Waals surface area (Å²) in [7, 11) is 2.64. The minimum Gasteiger partial charge on any atom is -0.457 e. The maximum atomic E-state index is 13.3. The molecule has 3 aromatic rings. The van der Waals surface area contributed by atoms with Gasteiger partial charge in [-0.1, -0.05) is 31.4 Å². The molecule has 0 atom stereocenters. The quantitative estimate of drug-likeness (QED) is 0.432. The van der Waals surface area contributed by atoms with E-state index >= 15 is 0 Å². The lowest BCUT2D eigenvalue weighted by Crippen LogP contribution is -2.43. The van der Waals surface area contributed by atoms with Crippen LogP contribution in [0.4, 0.5) is 5.82 Å². The molecular formula is C23H26N4O5S. The van der Waals surface area contributed by atoms with E-state index < -0.39 is 35.0 Å². The van der Waals surface area contributed by atoms with Crippen LogP contribution in [0.1, 0.15) is 47.5 Å². The molecule has 174 valence electrons. The van der Waals surface area contributed by atoms with Crippen molar-refractivity contribution in [1.82, 2.24) is 14.1 Å². The van der Waals surface area contributed by atoms with Crippen LogP contribution in [-0.4, -0.2) is 32.5 Å². The van der Waals surface area contributed by atoms with Crippen LogP contribution >= 0.6 is 11.3 Å². The van der Waals surface area contributed by atoms with Crippen molar-refractivity contribution >= 4 is 39.1 Å². The predicted molar refractivity (Wildman–Crippen MR) is 125 cm³/mol. The monoisotopic (exact) mass is 470 g/mol. The first-order chi connectivity index (χ1) is 15.7. The molecule has 0 saturated heterocycles. The van der Waals surface area contributed by atoms with E-state index in [1.54, 1.807) is 11.3 Å². The number of nitrogens with zero attached hydrogens (tertiary/aromatic N) is 3. The number of hydrogen-bond acceptors (Lipinski definition) is 8. The number of benzene rings is 1. The number of carbonyl (C=O) groups excluding carboxylic acids is 2. The molecule has 1 saturated carbocycles. The Kier molecular flexibility index (Phi) is 6.20. The number of carbonyl (C=O) groups is 2. The van der Waals surface area contributed by atoms with E-state index in [2.05, 4.69) is 4.98 Å². The van der Waals surface area contributed by atoms with Gasteiger partial charge >= 0.3 is 11.7 Å². The van der Waals surface area contributed by atoms with Gasteiger partial charge in [0.1, 0.15) is 11.4 Å². The van der Waals surface area contributed by atoms with Crippen LogP contribution in [0.25, 0.3) is 10.2 Å². The largest absolute Gasteiger partial charge is 0.457 e. The topological polar surface area (TPSA) is 126 Å². The second-order valence-corrected chi connectivity index (χ2v) is 9.67. The Morgan fingerprint density at radius 1 is 1.12 bits per heavy atom. The van der Waals surface area contributed by atoms with E-state index in [1.165, 1.54) is 14.1 Å². The SMILES string of the molecule is Cn1c(N)c(C(=O)COC(=O)C2(Cc3nc4ccccc4s3)CCCCC2)c(=O)n(C)c1=O. The Morgan fingerprint density at radius 2 is 1.82 bits per heavy atom. The molecule has 2 N–H and O–H groups in total. The molecule has 1 aliphatic rings. The summed E-state index contributed by atoms with van der Waals surface area (Å²) in [6.45, 7) is -0.613. The van der Waals surface area contributed by atoms with Crippen LogP contribution in [0.2, 0.25) is 0 Å². The van der Waals surface area contributed by atoms with Crippen molar-refractivity contribution in [1.29, 1.82) is 0 Å².